The van der Waals surface area contributed by atoms with Crippen molar-refractivity contribution in [2.75, 3.05) is 0 Å². The van der Waals surface area contributed by atoms with E-state index in [1.54, 1.807) is 0 Å². The minimum Gasteiger partial charge on any atom is -0.258 e. The molecule has 0 aliphatic heterocycles. The first-order valence-corrected chi connectivity index (χ1v) is 2.41. The van der Waals surface area contributed by atoms with E-state index in [1.807, 2.05) is 0 Å². The summed E-state index contributed by atoms with van der Waals surface area (Å²) in [5, 5.41) is 9.92. The predicted octanol–water partition coefficient (Wildman–Crippen LogP) is 1.82. The molecule has 0 spiro atoms. The van der Waals surface area contributed by atoms with Gasteiger partial charge in [-0.2, -0.15) is 0 Å². The molecule has 0 amide bonds. The average molecular weight is 143 g/mol. The number of halogens is 1. The largest absolute Gasteiger partial charge is 0.271 e. The minimum absolute atomic E-state index is 0.396. The number of hydrogen-bond acceptors (Lipinski definition) is 2. The van der Waals surface area contributed by atoms with Crippen LogP contribution in [0, 0.1) is 10.1 Å². The van der Waals surface area contributed by atoms with Crippen LogP contribution in [-0.4, -0.2) is 4.92 Å². The summed E-state index contributed by atoms with van der Waals surface area (Å²) < 4.78 is 11.9. The maximum absolute atomic E-state index is 11.9. The lowest BCUT2D eigenvalue weighted by Crippen LogP contribution is -1.94. The Kier molecular flexibility index (Phi) is 3.04. The summed E-state index contributed by atoms with van der Waals surface area (Å²) in [6, 6.07) is 0. The molecule has 10 heavy (non-hydrogen) atoms. The zero-order chi connectivity index (χ0) is 8.15. The number of hydrogen-bond donors (Lipinski definition) is 0. The van der Waals surface area contributed by atoms with Gasteiger partial charge < -0.3 is 0 Å². The first-order valence-electron chi connectivity index (χ1n) is 2.41. The van der Waals surface area contributed by atoms with Crippen LogP contribution in [0.1, 0.15) is 0 Å². The molecule has 0 rings (SSSR count). The smallest absolute Gasteiger partial charge is 0.258 e. The van der Waals surface area contributed by atoms with Gasteiger partial charge in [0.25, 0.3) is 5.70 Å². The van der Waals surface area contributed by atoms with Gasteiger partial charge in [-0.1, -0.05) is 13.2 Å². The molecule has 3 nitrogen and oxygen atoms in total. The lowest BCUT2D eigenvalue weighted by Gasteiger charge is -1.86. The van der Waals surface area contributed by atoms with E-state index in [0.717, 1.165) is 6.08 Å². The van der Waals surface area contributed by atoms with E-state index in [-0.39, 0.29) is 0 Å². The Balaban J connectivity index is 4.49. The average Bonchev–Trinajstić information content (AvgIpc) is 1.81. The number of allylic oxidation sites excluding steroid dienone is 3. The molecular weight excluding hydrogens is 137 g/mol. The van der Waals surface area contributed by atoms with Crippen molar-refractivity contribution in [1.82, 2.24) is 0 Å². The van der Waals surface area contributed by atoms with Gasteiger partial charge in [0.05, 0.1) is 11.0 Å². The molecule has 54 valence electrons. The third kappa shape index (κ3) is 2.76. The quantitative estimate of drug-likeness (QED) is 0.343. The third-order valence-electron chi connectivity index (χ3n) is 0.724. The predicted molar refractivity (Wildman–Crippen MR) is 35.5 cm³/mol. The van der Waals surface area contributed by atoms with Crippen molar-refractivity contribution in [3.05, 3.63) is 46.9 Å². The second-order valence-corrected chi connectivity index (χ2v) is 1.48. The van der Waals surface area contributed by atoms with Crippen molar-refractivity contribution >= 4 is 0 Å². The summed E-state index contributed by atoms with van der Waals surface area (Å²) >= 11 is 0. The highest BCUT2D eigenvalue weighted by Crippen LogP contribution is 2.02. The number of nitrogens with zero attached hydrogens (tertiary/aromatic N) is 1. The van der Waals surface area contributed by atoms with Crippen LogP contribution in [0.5, 0.6) is 0 Å². The highest BCUT2D eigenvalue weighted by Gasteiger charge is 2.03. The van der Waals surface area contributed by atoms with Gasteiger partial charge in [-0.3, -0.25) is 10.1 Å². The Hall–Kier alpha value is -1.45. The Labute approximate surface area is 57.3 Å². The lowest BCUT2D eigenvalue weighted by atomic mass is 10.4. The van der Waals surface area contributed by atoms with Gasteiger partial charge in [-0.15, -0.1) is 0 Å². The summed E-state index contributed by atoms with van der Waals surface area (Å²) in [7, 11) is 0. The second-order valence-electron chi connectivity index (χ2n) is 1.48. The van der Waals surface area contributed by atoms with E-state index in [9.17, 15) is 14.5 Å². The zero-order valence-electron chi connectivity index (χ0n) is 5.21. The van der Waals surface area contributed by atoms with E-state index in [2.05, 4.69) is 13.2 Å². The third-order valence-corrected chi connectivity index (χ3v) is 0.724. The van der Waals surface area contributed by atoms with Crippen LogP contribution in [0.2, 0.25) is 0 Å². The van der Waals surface area contributed by atoms with Crippen molar-refractivity contribution in [2.45, 2.75) is 0 Å². The molecule has 0 atom stereocenters. The van der Waals surface area contributed by atoms with Gasteiger partial charge in [0, 0.05) is 6.08 Å². The highest BCUT2D eigenvalue weighted by atomic mass is 19.1. The molecule has 0 aromatic rings. The van der Waals surface area contributed by atoms with E-state index in [4.69, 9.17) is 0 Å². The van der Waals surface area contributed by atoms with Crippen molar-refractivity contribution in [2.24, 2.45) is 0 Å². The summed E-state index contributed by atoms with van der Waals surface area (Å²) in [4.78, 5) is 9.19. The van der Waals surface area contributed by atoms with Crippen molar-refractivity contribution in [3.8, 4) is 0 Å². The van der Waals surface area contributed by atoms with Crippen LogP contribution < -0.4 is 0 Å². The summed E-state index contributed by atoms with van der Waals surface area (Å²) in [5.74, 6) is -0.855. The number of rotatable bonds is 3. The van der Waals surface area contributed by atoms with Crippen LogP contribution in [0.3, 0.4) is 0 Å². The lowest BCUT2D eigenvalue weighted by molar-refractivity contribution is -0.419. The Morgan fingerprint density at radius 2 is 2.20 bits per heavy atom. The van der Waals surface area contributed by atoms with Crippen LogP contribution >= 0.6 is 0 Å². The maximum Gasteiger partial charge on any atom is 0.271 e. The minimum atomic E-state index is -0.855. The molecule has 0 aromatic carbocycles. The van der Waals surface area contributed by atoms with Gasteiger partial charge in [0.1, 0.15) is 5.83 Å². The summed E-state index contributed by atoms with van der Waals surface area (Å²) in [6.45, 7) is 5.95. The molecule has 0 radical (unpaired) electrons. The summed E-state index contributed by atoms with van der Waals surface area (Å²) in [5.41, 5.74) is -0.396. The molecular formula is C6H6FNO2. The van der Waals surface area contributed by atoms with E-state index >= 15 is 0 Å². The molecule has 0 aromatic heterocycles. The summed E-state index contributed by atoms with van der Waals surface area (Å²) in [6.07, 6.45) is 1.65. The van der Waals surface area contributed by atoms with Crippen molar-refractivity contribution in [3.63, 3.8) is 0 Å². The van der Waals surface area contributed by atoms with Gasteiger partial charge in [-0.05, 0) is 0 Å². The molecule has 0 aliphatic carbocycles. The van der Waals surface area contributed by atoms with Crippen LogP contribution in [0.25, 0.3) is 0 Å². The first kappa shape index (κ1) is 8.55. The normalized spacial score (nSPS) is 10.7. The Bertz CT molecular complexity index is 208. The second kappa shape index (κ2) is 3.55. The molecule has 0 saturated heterocycles. The first-order chi connectivity index (χ1) is 4.57. The highest BCUT2D eigenvalue weighted by molar-refractivity contribution is 5.17. The molecule has 0 unspecified atom stereocenters. The number of nitro groups is 1. The molecule has 0 fully saturated rings. The van der Waals surface area contributed by atoms with Crippen LogP contribution in [0.4, 0.5) is 4.39 Å². The van der Waals surface area contributed by atoms with Gasteiger partial charge in [0.2, 0.25) is 0 Å². The van der Waals surface area contributed by atoms with Crippen molar-refractivity contribution < 1.29 is 9.31 Å². The Morgan fingerprint density at radius 3 is 2.30 bits per heavy atom. The van der Waals surface area contributed by atoms with Gasteiger partial charge in [-0.25, -0.2) is 4.39 Å². The fraction of sp³-hybridized carbons (Fsp3) is 0. The molecule has 0 saturated carbocycles. The van der Waals surface area contributed by atoms with Gasteiger partial charge >= 0.3 is 0 Å². The molecule has 0 heterocycles. The topological polar surface area (TPSA) is 43.1 Å². The van der Waals surface area contributed by atoms with E-state index < -0.39 is 16.4 Å². The maximum atomic E-state index is 11.9. The SMILES string of the molecule is C=C/C(=C\C(=C)F)[N+](=O)[O-]. The van der Waals surface area contributed by atoms with Crippen LogP contribution in [0.15, 0.2) is 36.8 Å². The zero-order valence-corrected chi connectivity index (χ0v) is 5.21. The molecule has 0 aliphatic rings. The van der Waals surface area contributed by atoms with E-state index in [1.165, 1.54) is 0 Å². The fourth-order valence-corrected chi connectivity index (χ4v) is 0.347. The fourth-order valence-electron chi connectivity index (χ4n) is 0.347. The van der Waals surface area contributed by atoms with Crippen LogP contribution in [-0.2, 0) is 0 Å². The molecule has 0 bridgehead atoms. The molecule has 0 N–H and O–H groups in total. The standard InChI is InChI=1S/C6H6FNO2/c1-3-6(8(9)10)4-5(2)7/h3-4H,1-2H2/b6-4+. The Morgan fingerprint density at radius 1 is 1.70 bits per heavy atom. The monoisotopic (exact) mass is 143 g/mol. The van der Waals surface area contributed by atoms with Gasteiger partial charge in [0.15, 0.2) is 0 Å². The van der Waals surface area contributed by atoms with Crippen molar-refractivity contribution in [1.29, 1.82) is 0 Å². The molecule has 4 heteroatoms. The van der Waals surface area contributed by atoms with E-state index in [0.29, 0.717) is 6.08 Å².